The first-order valence-electron chi connectivity index (χ1n) is 7.41. The van der Waals surface area contributed by atoms with Crippen LogP contribution in [-0.2, 0) is 9.47 Å². The summed E-state index contributed by atoms with van der Waals surface area (Å²) in [4.78, 5) is 0. The fraction of sp³-hybridized carbons (Fsp3) is 1.00. The molecule has 1 fully saturated rings. The molecule has 0 amide bonds. The molecule has 4 nitrogen and oxygen atoms in total. The van der Waals surface area contributed by atoms with E-state index in [1.165, 1.54) is 25.7 Å². The van der Waals surface area contributed by atoms with Crippen LogP contribution in [0.1, 0.15) is 45.4 Å². The first-order chi connectivity index (χ1) is 8.83. The van der Waals surface area contributed by atoms with Crippen molar-refractivity contribution in [3.63, 3.8) is 0 Å². The zero-order valence-corrected chi connectivity index (χ0v) is 11.7. The van der Waals surface area contributed by atoms with Crippen LogP contribution < -0.4 is 5.32 Å². The molecular weight excluding hydrogens is 230 g/mol. The van der Waals surface area contributed by atoms with Gasteiger partial charge in [0.2, 0.25) is 0 Å². The fourth-order valence-electron chi connectivity index (χ4n) is 2.15. The van der Waals surface area contributed by atoms with Gasteiger partial charge in [-0.1, -0.05) is 26.2 Å². The molecule has 0 spiro atoms. The molecule has 0 aromatic heterocycles. The van der Waals surface area contributed by atoms with E-state index in [1.54, 1.807) is 0 Å². The van der Waals surface area contributed by atoms with Crippen molar-refractivity contribution in [2.75, 3.05) is 32.9 Å². The third-order valence-electron chi connectivity index (χ3n) is 3.27. The highest BCUT2D eigenvalue weighted by molar-refractivity contribution is 4.67. The summed E-state index contributed by atoms with van der Waals surface area (Å²) < 4.78 is 11.1. The summed E-state index contributed by atoms with van der Waals surface area (Å²) in [6.45, 7) is 5.44. The van der Waals surface area contributed by atoms with Gasteiger partial charge in [-0.3, -0.25) is 0 Å². The number of aliphatic hydroxyl groups is 1. The average Bonchev–Trinajstić information content (AvgIpc) is 2.87. The van der Waals surface area contributed by atoms with Gasteiger partial charge in [0.15, 0.2) is 0 Å². The molecule has 0 aliphatic heterocycles. The molecule has 0 radical (unpaired) electrons. The normalized spacial score (nSPS) is 18.3. The van der Waals surface area contributed by atoms with E-state index < -0.39 is 6.10 Å². The van der Waals surface area contributed by atoms with Crippen LogP contribution in [0.3, 0.4) is 0 Å². The second-order valence-corrected chi connectivity index (χ2v) is 5.06. The largest absolute Gasteiger partial charge is 0.389 e. The summed E-state index contributed by atoms with van der Waals surface area (Å²) in [5.41, 5.74) is 0. The maximum Gasteiger partial charge on any atom is 0.0897 e. The number of hydrogen-bond donors (Lipinski definition) is 2. The van der Waals surface area contributed by atoms with E-state index in [1.807, 2.05) is 0 Å². The van der Waals surface area contributed by atoms with E-state index in [2.05, 4.69) is 12.2 Å². The van der Waals surface area contributed by atoms with Crippen LogP contribution in [0.4, 0.5) is 0 Å². The van der Waals surface area contributed by atoms with Crippen LogP contribution in [0.15, 0.2) is 0 Å². The SMILES string of the molecule is CCCCOCC(O)CNCCOC1CCCC1. The van der Waals surface area contributed by atoms with Crippen molar-refractivity contribution in [1.82, 2.24) is 5.32 Å². The highest BCUT2D eigenvalue weighted by Crippen LogP contribution is 2.20. The topological polar surface area (TPSA) is 50.7 Å². The number of rotatable bonds is 11. The molecule has 0 aromatic carbocycles. The number of hydrogen-bond acceptors (Lipinski definition) is 4. The molecule has 1 saturated carbocycles. The standard InChI is InChI=1S/C14H29NO3/c1-2-3-9-17-12-13(16)11-15-8-10-18-14-6-4-5-7-14/h13-16H,2-12H2,1H3. The van der Waals surface area contributed by atoms with Crippen molar-refractivity contribution in [1.29, 1.82) is 0 Å². The lowest BCUT2D eigenvalue weighted by Crippen LogP contribution is -2.33. The molecule has 1 rings (SSSR count). The van der Waals surface area contributed by atoms with Crippen LogP contribution in [0.5, 0.6) is 0 Å². The Morgan fingerprint density at radius 1 is 1.28 bits per heavy atom. The molecule has 4 heteroatoms. The molecule has 0 heterocycles. The molecule has 108 valence electrons. The zero-order chi connectivity index (χ0) is 13.1. The minimum Gasteiger partial charge on any atom is -0.389 e. The molecule has 2 N–H and O–H groups in total. The molecule has 1 aliphatic rings. The van der Waals surface area contributed by atoms with E-state index in [4.69, 9.17) is 9.47 Å². The van der Waals surface area contributed by atoms with E-state index in [0.29, 0.717) is 19.3 Å². The molecule has 0 saturated heterocycles. The van der Waals surface area contributed by atoms with Crippen LogP contribution in [0.25, 0.3) is 0 Å². The molecular formula is C14H29NO3. The van der Waals surface area contributed by atoms with Gasteiger partial charge in [0.05, 0.1) is 25.4 Å². The van der Waals surface area contributed by atoms with Gasteiger partial charge in [0.25, 0.3) is 0 Å². The fourth-order valence-corrected chi connectivity index (χ4v) is 2.15. The van der Waals surface area contributed by atoms with Gasteiger partial charge in [-0.25, -0.2) is 0 Å². The maximum atomic E-state index is 9.63. The lowest BCUT2D eigenvalue weighted by atomic mass is 10.3. The minimum absolute atomic E-state index is 0.409. The Hall–Kier alpha value is -0.160. The predicted octanol–water partition coefficient (Wildman–Crippen LogP) is 1.71. The van der Waals surface area contributed by atoms with Crippen LogP contribution in [-0.4, -0.2) is 50.2 Å². The quantitative estimate of drug-likeness (QED) is 0.555. The molecule has 0 aromatic rings. The summed E-state index contributed by atoms with van der Waals surface area (Å²) in [5.74, 6) is 0. The lowest BCUT2D eigenvalue weighted by molar-refractivity contribution is 0.0313. The monoisotopic (exact) mass is 259 g/mol. The van der Waals surface area contributed by atoms with E-state index in [9.17, 15) is 5.11 Å². The van der Waals surface area contributed by atoms with Crippen LogP contribution >= 0.6 is 0 Å². The van der Waals surface area contributed by atoms with Gasteiger partial charge in [-0.05, 0) is 19.3 Å². The third-order valence-corrected chi connectivity index (χ3v) is 3.27. The molecule has 1 aliphatic carbocycles. The van der Waals surface area contributed by atoms with Gasteiger partial charge in [-0.15, -0.1) is 0 Å². The Kier molecular flexibility index (Phi) is 9.48. The summed E-state index contributed by atoms with van der Waals surface area (Å²) in [6.07, 6.45) is 7.32. The summed E-state index contributed by atoms with van der Waals surface area (Å²) >= 11 is 0. The third kappa shape index (κ3) is 8.03. The highest BCUT2D eigenvalue weighted by atomic mass is 16.5. The highest BCUT2D eigenvalue weighted by Gasteiger charge is 2.14. The van der Waals surface area contributed by atoms with Gasteiger partial charge in [0, 0.05) is 19.7 Å². The Morgan fingerprint density at radius 3 is 2.78 bits per heavy atom. The molecule has 1 unspecified atom stereocenters. The Bertz CT molecular complexity index is 184. The predicted molar refractivity (Wildman–Crippen MR) is 72.8 cm³/mol. The minimum atomic E-state index is -0.409. The van der Waals surface area contributed by atoms with Gasteiger partial charge < -0.3 is 19.9 Å². The van der Waals surface area contributed by atoms with Crippen LogP contribution in [0.2, 0.25) is 0 Å². The maximum absolute atomic E-state index is 9.63. The van der Waals surface area contributed by atoms with Crippen LogP contribution in [0, 0.1) is 0 Å². The second kappa shape index (κ2) is 10.7. The summed E-state index contributed by atoms with van der Waals surface area (Å²) in [5, 5.41) is 12.8. The van der Waals surface area contributed by atoms with Crippen molar-refractivity contribution < 1.29 is 14.6 Å². The number of nitrogens with one attached hydrogen (secondary N) is 1. The first-order valence-corrected chi connectivity index (χ1v) is 7.41. The Labute approximate surface area is 111 Å². The molecule has 1 atom stereocenters. The van der Waals surface area contributed by atoms with Crippen molar-refractivity contribution in [3.05, 3.63) is 0 Å². The Morgan fingerprint density at radius 2 is 2.06 bits per heavy atom. The smallest absolute Gasteiger partial charge is 0.0897 e. The van der Waals surface area contributed by atoms with Crippen molar-refractivity contribution in [3.8, 4) is 0 Å². The number of aliphatic hydroxyl groups excluding tert-OH is 1. The first kappa shape index (κ1) is 15.9. The zero-order valence-electron chi connectivity index (χ0n) is 11.7. The van der Waals surface area contributed by atoms with Gasteiger partial charge in [0.1, 0.15) is 0 Å². The second-order valence-electron chi connectivity index (χ2n) is 5.06. The van der Waals surface area contributed by atoms with Gasteiger partial charge in [-0.2, -0.15) is 0 Å². The number of unbranched alkanes of at least 4 members (excludes halogenated alkanes) is 1. The average molecular weight is 259 g/mol. The van der Waals surface area contributed by atoms with Crippen molar-refractivity contribution in [2.24, 2.45) is 0 Å². The molecule has 18 heavy (non-hydrogen) atoms. The van der Waals surface area contributed by atoms with E-state index >= 15 is 0 Å². The van der Waals surface area contributed by atoms with E-state index in [0.717, 1.165) is 32.6 Å². The Balaban J connectivity index is 1.81. The summed E-state index contributed by atoms with van der Waals surface area (Å²) in [7, 11) is 0. The van der Waals surface area contributed by atoms with Gasteiger partial charge >= 0.3 is 0 Å². The van der Waals surface area contributed by atoms with Crippen molar-refractivity contribution in [2.45, 2.75) is 57.7 Å². The summed E-state index contributed by atoms with van der Waals surface area (Å²) in [6, 6.07) is 0. The molecule has 0 bridgehead atoms. The lowest BCUT2D eigenvalue weighted by Gasteiger charge is -2.14. The number of ether oxygens (including phenoxy) is 2. The van der Waals surface area contributed by atoms with Crippen molar-refractivity contribution >= 4 is 0 Å². The van der Waals surface area contributed by atoms with E-state index in [-0.39, 0.29) is 0 Å².